The molecule has 0 spiro atoms. The number of hydrogen-bond donors (Lipinski definition) is 0. The Bertz CT molecular complexity index is 1170. The third kappa shape index (κ3) is 4.35. The van der Waals surface area contributed by atoms with E-state index in [2.05, 4.69) is 34.7 Å². The van der Waals surface area contributed by atoms with Crippen LogP contribution in [0.4, 0.5) is 5.69 Å². The highest BCUT2D eigenvalue weighted by molar-refractivity contribution is 7.98. The Balaban J connectivity index is 1.50. The Morgan fingerprint density at radius 1 is 1.13 bits per heavy atom. The van der Waals surface area contributed by atoms with Crippen LogP contribution in [0.2, 0.25) is 0 Å². The van der Waals surface area contributed by atoms with Crippen molar-refractivity contribution in [3.05, 3.63) is 64.5 Å². The molecule has 0 aliphatic carbocycles. The molecular weight excluding hydrogens is 402 g/mol. The van der Waals surface area contributed by atoms with Crippen LogP contribution in [0.3, 0.4) is 0 Å². The monoisotopic (exact) mass is 423 g/mol. The Kier molecular flexibility index (Phi) is 5.80. The van der Waals surface area contributed by atoms with Gasteiger partial charge in [-0.25, -0.2) is 4.98 Å². The number of nitro groups is 1. The van der Waals surface area contributed by atoms with Crippen molar-refractivity contribution in [2.24, 2.45) is 5.92 Å². The van der Waals surface area contributed by atoms with E-state index in [4.69, 9.17) is 9.40 Å². The summed E-state index contributed by atoms with van der Waals surface area (Å²) >= 11 is 1.56. The fourth-order valence-corrected chi connectivity index (χ4v) is 3.93. The first-order chi connectivity index (χ1) is 14.5. The summed E-state index contributed by atoms with van der Waals surface area (Å²) < 4.78 is 8.00. The van der Waals surface area contributed by atoms with Gasteiger partial charge in [-0.15, -0.1) is 10.2 Å². The van der Waals surface area contributed by atoms with Gasteiger partial charge in [0.2, 0.25) is 11.8 Å². The highest BCUT2D eigenvalue weighted by Crippen LogP contribution is 2.28. The number of nitrogens with zero attached hydrogens (tertiary/aromatic N) is 5. The first-order valence-electron chi connectivity index (χ1n) is 9.66. The number of benzene rings is 2. The molecule has 0 bridgehead atoms. The van der Waals surface area contributed by atoms with Gasteiger partial charge in [0, 0.05) is 24.2 Å². The number of rotatable bonds is 8. The average molecular weight is 423 g/mol. The van der Waals surface area contributed by atoms with E-state index in [0.29, 0.717) is 29.0 Å². The van der Waals surface area contributed by atoms with Gasteiger partial charge >= 0.3 is 0 Å². The predicted octanol–water partition coefficient (Wildman–Crippen LogP) is 5.33. The molecule has 9 heteroatoms. The minimum Gasteiger partial charge on any atom is -0.420 e. The molecule has 2 aromatic heterocycles. The Morgan fingerprint density at radius 2 is 1.90 bits per heavy atom. The highest BCUT2D eigenvalue weighted by atomic mass is 32.2. The van der Waals surface area contributed by atoms with Crippen LogP contribution < -0.4 is 0 Å². The SMILES string of the molecule is CC(C)CCn1c(SCc2nnc(-c3ccc([N+](=O)[O-])cc3)o2)nc2ccccc21. The molecular formula is C21H21N5O3S. The molecule has 0 atom stereocenters. The first-order valence-corrected chi connectivity index (χ1v) is 10.6. The van der Waals surface area contributed by atoms with Crippen molar-refractivity contribution >= 4 is 28.5 Å². The number of fused-ring (bicyclic) bond motifs is 1. The summed E-state index contributed by atoms with van der Waals surface area (Å²) in [6.07, 6.45) is 1.07. The third-order valence-corrected chi connectivity index (χ3v) is 5.63. The van der Waals surface area contributed by atoms with E-state index in [9.17, 15) is 10.1 Å². The van der Waals surface area contributed by atoms with Crippen molar-refractivity contribution in [1.29, 1.82) is 0 Å². The minimum absolute atomic E-state index is 0.0225. The highest BCUT2D eigenvalue weighted by Gasteiger charge is 2.15. The Labute approximate surface area is 177 Å². The van der Waals surface area contributed by atoms with Crippen LogP contribution in [0.15, 0.2) is 58.1 Å². The van der Waals surface area contributed by atoms with E-state index >= 15 is 0 Å². The molecule has 4 rings (SSSR count). The molecule has 4 aromatic rings. The first kappa shape index (κ1) is 20.1. The second-order valence-electron chi connectivity index (χ2n) is 7.31. The van der Waals surface area contributed by atoms with Gasteiger partial charge in [0.1, 0.15) is 0 Å². The second-order valence-corrected chi connectivity index (χ2v) is 8.25. The maximum atomic E-state index is 10.8. The number of para-hydroxylation sites is 2. The van der Waals surface area contributed by atoms with E-state index in [1.807, 2.05) is 18.2 Å². The zero-order valence-corrected chi connectivity index (χ0v) is 17.5. The smallest absolute Gasteiger partial charge is 0.269 e. The van der Waals surface area contributed by atoms with Gasteiger partial charge in [-0.2, -0.15) is 0 Å². The van der Waals surface area contributed by atoms with E-state index in [-0.39, 0.29) is 5.69 Å². The normalized spacial score (nSPS) is 11.4. The van der Waals surface area contributed by atoms with Crippen molar-refractivity contribution in [2.45, 2.75) is 37.7 Å². The molecule has 0 N–H and O–H groups in total. The van der Waals surface area contributed by atoms with Crippen molar-refractivity contribution in [1.82, 2.24) is 19.7 Å². The number of aryl methyl sites for hydroxylation is 1. The molecule has 0 fully saturated rings. The van der Waals surface area contributed by atoms with Crippen LogP contribution >= 0.6 is 11.8 Å². The summed E-state index contributed by atoms with van der Waals surface area (Å²) in [6.45, 7) is 5.33. The van der Waals surface area contributed by atoms with E-state index < -0.39 is 4.92 Å². The summed E-state index contributed by atoms with van der Waals surface area (Å²) in [6, 6.07) is 14.2. The Hall–Kier alpha value is -3.20. The second kappa shape index (κ2) is 8.66. The van der Waals surface area contributed by atoms with E-state index in [0.717, 1.165) is 29.2 Å². The Morgan fingerprint density at radius 3 is 2.63 bits per heavy atom. The van der Waals surface area contributed by atoms with Crippen molar-refractivity contribution < 1.29 is 9.34 Å². The van der Waals surface area contributed by atoms with Gasteiger partial charge in [-0.05, 0) is 36.6 Å². The zero-order chi connectivity index (χ0) is 21.1. The molecule has 0 saturated carbocycles. The molecule has 2 aromatic carbocycles. The number of aromatic nitrogens is 4. The van der Waals surface area contributed by atoms with Crippen LogP contribution in [-0.2, 0) is 12.3 Å². The topological polar surface area (TPSA) is 99.9 Å². The maximum absolute atomic E-state index is 10.8. The van der Waals surface area contributed by atoms with Crippen LogP contribution in [0.25, 0.3) is 22.5 Å². The van der Waals surface area contributed by atoms with Crippen molar-refractivity contribution in [2.75, 3.05) is 0 Å². The van der Waals surface area contributed by atoms with Crippen LogP contribution in [0, 0.1) is 16.0 Å². The summed E-state index contributed by atoms with van der Waals surface area (Å²) in [5, 5.41) is 19.9. The largest absolute Gasteiger partial charge is 0.420 e. The molecule has 8 nitrogen and oxygen atoms in total. The van der Waals surface area contributed by atoms with Gasteiger partial charge in [0.15, 0.2) is 5.16 Å². The molecule has 0 aliphatic rings. The number of thioether (sulfide) groups is 1. The average Bonchev–Trinajstić information content (AvgIpc) is 3.35. The zero-order valence-electron chi connectivity index (χ0n) is 16.7. The van der Waals surface area contributed by atoms with Crippen LogP contribution in [0.1, 0.15) is 26.2 Å². The van der Waals surface area contributed by atoms with Gasteiger partial charge in [0.05, 0.1) is 21.7 Å². The van der Waals surface area contributed by atoms with Gasteiger partial charge in [-0.1, -0.05) is 37.7 Å². The number of hydrogen-bond acceptors (Lipinski definition) is 7. The number of nitro benzene ring substituents is 1. The summed E-state index contributed by atoms with van der Waals surface area (Å²) in [5.41, 5.74) is 2.77. The van der Waals surface area contributed by atoms with Crippen molar-refractivity contribution in [3.8, 4) is 11.5 Å². The lowest BCUT2D eigenvalue weighted by Gasteiger charge is -2.10. The molecule has 0 unspecified atom stereocenters. The third-order valence-electron chi connectivity index (χ3n) is 4.67. The quantitative estimate of drug-likeness (QED) is 0.214. The van der Waals surface area contributed by atoms with Gasteiger partial charge in [0.25, 0.3) is 5.69 Å². The lowest BCUT2D eigenvalue weighted by Crippen LogP contribution is -2.03. The number of imidazole rings is 1. The molecule has 154 valence electrons. The standard InChI is InChI=1S/C21H21N5O3S/c1-14(2)11-12-25-18-6-4-3-5-17(18)22-21(25)30-13-19-23-24-20(29-19)15-7-9-16(10-8-15)26(27)28/h3-10,14H,11-13H2,1-2H3. The summed E-state index contributed by atoms with van der Waals surface area (Å²) in [5.74, 6) is 1.92. The maximum Gasteiger partial charge on any atom is 0.269 e. The fraction of sp³-hybridized carbons (Fsp3) is 0.286. The van der Waals surface area contributed by atoms with Gasteiger partial charge in [-0.3, -0.25) is 10.1 Å². The lowest BCUT2D eigenvalue weighted by molar-refractivity contribution is -0.384. The fourth-order valence-electron chi connectivity index (χ4n) is 3.05. The van der Waals surface area contributed by atoms with Crippen LogP contribution in [0.5, 0.6) is 0 Å². The molecule has 0 saturated heterocycles. The lowest BCUT2D eigenvalue weighted by atomic mass is 10.1. The van der Waals surface area contributed by atoms with E-state index in [1.54, 1.807) is 23.9 Å². The molecule has 0 amide bonds. The molecule has 2 heterocycles. The molecule has 0 radical (unpaired) electrons. The predicted molar refractivity (Wildman–Crippen MR) is 115 cm³/mol. The molecule has 30 heavy (non-hydrogen) atoms. The summed E-state index contributed by atoms with van der Waals surface area (Å²) in [7, 11) is 0. The molecule has 0 aliphatic heterocycles. The number of non-ortho nitro benzene ring substituents is 1. The van der Waals surface area contributed by atoms with Gasteiger partial charge < -0.3 is 8.98 Å². The summed E-state index contributed by atoms with van der Waals surface area (Å²) in [4.78, 5) is 15.1. The van der Waals surface area contributed by atoms with Crippen LogP contribution in [-0.4, -0.2) is 24.7 Å². The van der Waals surface area contributed by atoms with E-state index in [1.165, 1.54) is 12.1 Å². The van der Waals surface area contributed by atoms with Crippen molar-refractivity contribution in [3.63, 3.8) is 0 Å². The minimum atomic E-state index is -0.439.